The van der Waals surface area contributed by atoms with Gasteiger partial charge in [0.2, 0.25) is 0 Å². The average Bonchev–Trinajstić information content (AvgIpc) is 2.64. The summed E-state index contributed by atoms with van der Waals surface area (Å²) in [6.45, 7) is 4.80. The summed E-state index contributed by atoms with van der Waals surface area (Å²) in [4.78, 5) is 0. The predicted octanol–water partition coefficient (Wildman–Crippen LogP) is 3.86. The van der Waals surface area contributed by atoms with Gasteiger partial charge in [-0.15, -0.1) is 0 Å². The second-order valence-corrected chi connectivity index (χ2v) is 5.10. The molecule has 0 heterocycles. The van der Waals surface area contributed by atoms with Gasteiger partial charge in [-0.1, -0.05) is 33.1 Å². The van der Waals surface area contributed by atoms with Gasteiger partial charge in [0, 0.05) is 0 Å². The van der Waals surface area contributed by atoms with E-state index >= 15 is 0 Å². The fourth-order valence-electron chi connectivity index (χ4n) is 3.66. The topological polar surface area (TPSA) is 0 Å². The lowest BCUT2D eigenvalue weighted by molar-refractivity contribution is 0.230. The zero-order valence-corrected chi connectivity index (χ0v) is 8.55. The molecule has 2 aliphatic carbocycles. The van der Waals surface area contributed by atoms with Crippen LogP contribution in [0.1, 0.15) is 52.4 Å². The third-order valence-electron chi connectivity index (χ3n) is 4.27. The highest BCUT2D eigenvalue weighted by molar-refractivity contribution is 4.91. The van der Waals surface area contributed by atoms with Crippen molar-refractivity contribution in [3.05, 3.63) is 0 Å². The minimum atomic E-state index is 1.02. The normalized spacial score (nSPS) is 42.0. The zero-order valence-electron chi connectivity index (χ0n) is 8.55. The smallest absolute Gasteiger partial charge is 0.0357 e. The summed E-state index contributed by atoms with van der Waals surface area (Å²) < 4.78 is 0. The van der Waals surface area contributed by atoms with Crippen molar-refractivity contribution in [2.24, 2.45) is 23.7 Å². The molecule has 0 radical (unpaired) electrons. The third kappa shape index (κ3) is 1.41. The summed E-state index contributed by atoms with van der Waals surface area (Å²) >= 11 is 0. The van der Waals surface area contributed by atoms with Crippen LogP contribution in [-0.2, 0) is 0 Å². The molecule has 2 aliphatic rings. The molecule has 0 saturated heterocycles. The van der Waals surface area contributed by atoms with Crippen LogP contribution in [-0.4, -0.2) is 0 Å². The van der Waals surface area contributed by atoms with Crippen LogP contribution in [0.2, 0.25) is 0 Å². The molecule has 2 fully saturated rings. The van der Waals surface area contributed by atoms with Gasteiger partial charge in [0.15, 0.2) is 0 Å². The van der Waals surface area contributed by atoms with Gasteiger partial charge in [-0.25, -0.2) is 0 Å². The van der Waals surface area contributed by atoms with Crippen LogP contribution in [0.15, 0.2) is 0 Å². The number of rotatable bonds is 3. The molecule has 4 unspecified atom stereocenters. The first-order chi connectivity index (χ1) is 5.81. The maximum absolute atomic E-state index is 2.48. The summed E-state index contributed by atoms with van der Waals surface area (Å²) in [5, 5.41) is 0. The molecule has 4 atom stereocenters. The van der Waals surface area contributed by atoms with Gasteiger partial charge >= 0.3 is 0 Å². The van der Waals surface area contributed by atoms with Crippen molar-refractivity contribution in [1.82, 2.24) is 0 Å². The molecule has 0 N–H and O–H groups in total. The quantitative estimate of drug-likeness (QED) is 0.597. The lowest BCUT2D eigenvalue weighted by Gasteiger charge is -2.27. The lowest BCUT2D eigenvalue weighted by atomic mass is 9.78. The molecule has 0 aliphatic heterocycles. The molecule has 2 bridgehead atoms. The summed E-state index contributed by atoms with van der Waals surface area (Å²) in [5.74, 6) is 4.41. The SMILES string of the molecule is CCCC(C)C1CC2CCC1C2. The molecule has 0 spiro atoms. The van der Waals surface area contributed by atoms with Gasteiger partial charge in [-0.3, -0.25) is 0 Å². The Labute approximate surface area is 76.7 Å². The Hall–Kier alpha value is 0. The Morgan fingerprint density at radius 1 is 1.25 bits per heavy atom. The van der Waals surface area contributed by atoms with E-state index < -0.39 is 0 Å². The summed E-state index contributed by atoms with van der Waals surface area (Å²) in [6, 6.07) is 0. The molecule has 2 rings (SSSR count). The fraction of sp³-hybridized carbons (Fsp3) is 1.00. The lowest BCUT2D eigenvalue weighted by Crippen LogP contribution is -2.18. The summed E-state index contributed by atoms with van der Waals surface area (Å²) in [6.07, 6.45) is 9.12. The second kappa shape index (κ2) is 3.40. The van der Waals surface area contributed by atoms with Gasteiger partial charge in [0.25, 0.3) is 0 Å². The Morgan fingerprint density at radius 3 is 2.58 bits per heavy atom. The maximum atomic E-state index is 2.48. The highest BCUT2D eigenvalue weighted by atomic mass is 14.5. The van der Waals surface area contributed by atoms with E-state index in [9.17, 15) is 0 Å². The van der Waals surface area contributed by atoms with E-state index in [-0.39, 0.29) is 0 Å². The van der Waals surface area contributed by atoms with Crippen molar-refractivity contribution in [1.29, 1.82) is 0 Å². The van der Waals surface area contributed by atoms with Crippen molar-refractivity contribution in [3.63, 3.8) is 0 Å². The van der Waals surface area contributed by atoms with Crippen LogP contribution in [0.4, 0.5) is 0 Å². The second-order valence-electron chi connectivity index (χ2n) is 5.10. The summed E-state index contributed by atoms with van der Waals surface area (Å²) in [5.41, 5.74) is 0. The van der Waals surface area contributed by atoms with Gasteiger partial charge in [-0.2, -0.15) is 0 Å². The van der Waals surface area contributed by atoms with Crippen LogP contribution >= 0.6 is 0 Å². The summed E-state index contributed by atoms with van der Waals surface area (Å²) in [7, 11) is 0. The molecule has 0 aromatic heterocycles. The largest absolute Gasteiger partial charge is 0.0654 e. The van der Waals surface area contributed by atoms with Gasteiger partial charge in [-0.05, 0) is 42.9 Å². The standard InChI is InChI=1S/C12H22/c1-3-4-9(2)12-8-10-5-6-11(12)7-10/h9-12H,3-8H2,1-2H3. The van der Waals surface area contributed by atoms with Crippen LogP contribution < -0.4 is 0 Å². The van der Waals surface area contributed by atoms with Crippen LogP contribution in [0.3, 0.4) is 0 Å². The molecule has 0 aromatic carbocycles. The highest BCUT2D eigenvalue weighted by Crippen LogP contribution is 2.51. The number of fused-ring (bicyclic) bond motifs is 2. The van der Waals surface area contributed by atoms with E-state index in [1.807, 2.05) is 0 Å². The van der Waals surface area contributed by atoms with E-state index in [4.69, 9.17) is 0 Å². The van der Waals surface area contributed by atoms with Crippen molar-refractivity contribution in [2.45, 2.75) is 52.4 Å². The van der Waals surface area contributed by atoms with Crippen LogP contribution in [0.5, 0.6) is 0 Å². The highest BCUT2D eigenvalue weighted by Gasteiger charge is 2.41. The van der Waals surface area contributed by atoms with Gasteiger partial charge < -0.3 is 0 Å². The van der Waals surface area contributed by atoms with Crippen molar-refractivity contribution in [2.75, 3.05) is 0 Å². The van der Waals surface area contributed by atoms with Crippen molar-refractivity contribution < 1.29 is 0 Å². The van der Waals surface area contributed by atoms with E-state index in [0.29, 0.717) is 0 Å². The Balaban J connectivity index is 1.89. The number of hydrogen-bond acceptors (Lipinski definition) is 0. The molecule has 2 saturated carbocycles. The van der Waals surface area contributed by atoms with E-state index in [1.165, 1.54) is 12.8 Å². The molecule has 70 valence electrons. The van der Waals surface area contributed by atoms with Crippen LogP contribution in [0.25, 0.3) is 0 Å². The first-order valence-corrected chi connectivity index (χ1v) is 5.81. The van der Waals surface area contributed by atoms with E-state index in [0.717, 1.165) is 23.7 Å². The first kappa shape index (κ1) is 8.59. The molecule has 0 nitrogen and oxygen atoms in total. The predicted molar refractivity (Wildman–Crippen MR) is 53.0 cm³/mol. The Kier molecular flexibility index (Phi) is 2.43. The van der Waals surface area contributed by atoms with Crippen molar-refractivity contribution in [3.8, 4) is 0 Å². The molecule has 12 heavy (non-hydrogen) atoms. The van der Waals surface area contributed by atoms with Gasteiger partial charge in [0.05, 0.1) is 0 Å². The minimum absolute atomic E-state index is 1.02. The Morgan fingerprint density at radius 2 is 2.08 bits per heavy atom. The minimum Gasteiger partial charge on any atom is -0.0654 e. The number of hydrogen-bond donors (Lipinski definition) is 0. The fourth-order valence-corrected chi connectivity index (χ4v) is 3.66. The third-order valence-corrected chi connectivity index (χ3v) is 4.27. The average molecular weight is 166 g/mol. The Bertz CT molecular complexity index is 150. The first-order valence-electron chi connectivity index (χ1n) is 5.81. The van der Waals surface area contributed by atoms with E-state index in [2.05, 4.69) is 13.8 Å². The molecule has 0 amide bonds. The zero-order chi connectivity index (χ0) is 8.55. The van der Waals surface area contributed by atoms with Crippen LogP contribution in [0, 0.1) is 23.7 Å². The molecular formula is C12H22. The van der Waals surface area contributed by atoms with Crippen molar-refractivity contribution >= 4 is 0 Å². The maximum Gasteiger partial charge on any atom is -0.0357 e. The molecule has 0 heteroatoms. The molecular weight excluding hydrogens is 144 g/mol. The van der Waals surface area contributed by atoms with Gasteiger partial charge in [0.1, 0.15) is 0 Å². The van der Waals surface area contributed by atoms with E-state index in [1.54, 1.807) is 25.7 Å². The molecule has 0 aromatic rings. The monoisotopic (exact) mass is 166 g/mol.